The van der Waals surface area contributed by atoms with Gasteiger partial charge in [-0.15, -0.1) is 0 Å². The monoisotopic (exact) mass is 751 g/mol. The van der Waals surface area contributed by atoms with Crippen LogP contribution in [0.5, 0.6) is 0 Å². The Hall–Kier alpha value is -2.38. The third kappa shape index (κ3) is 12.1. The molecule has 308 valence electrons. The number of unbranched alkanes of at least 4 members (excludes halogenated alkanes) is 11. The van der Waals surface area contributed by atoms with E-state index in [2.05, 4.69) is 139 Å². The number of hydrogen-bond acceptors (Lipinski definition) is 0. The highest BCUT2D eigenvalue weighted by Crippen LogP contribution is 2.63. The molecular formula is C54H88N+. The minimum Gasteiger partial charge on any atom is -0.314 e. The summed E-state index contributed by atoms with van der Waals surface area (Å²) in [4.78, 5) is 0. The van der Waals surface area contributed by atoms with Crippen molar-refractivity contribution in [1.29, 1.82) is 0 Å². The minimum absolute atomic E-state index is 0.142. The zero-order valence-corrected chi connectivity index (χ0v) is 37.5. The summed E-state index contributed by atoms with van der Waals surface area (Å²) >= 11 is 0. The lowest BCUT2D eigenvalue weighted by atomic mass is 9.49. The van der Waals surface area contributed by atoms with Gasteiger partial charge in [0.25, 0.3) is 0 Å². The van der Waals surface area contributed by atoms with Crippen molar-refractivity contribution < 1.29 is 4.48 Å². The molecule has 0 heterocycles. The third-order valence-corrected chi connectivity index (χ3v) is 13.8. The molecule has 1 heteroatoms. The van der Waals surface area contributed by atoms with Crippen molar-refractivity contribution in [3.63, 3.8) is 0 Å². The van der Waals surface area contributed by atoms with Crippen molar-refractivity contribution in [1.82, 2.24) is 0 Å². The summed E-state index contributed by atoms with van der Waals surface area (Å²) in [6.07, 6.45) is 29.9. The van der Waals surface area contributed by atoms with Gasteiger partial charge < -0.3 is 4.48 Å². The van der Waals surface area contributed by atoms with Crippen LogP contribution in [0.15, 0.2) is 91.0 Å². The number of nitrogens with zero attached hydrogens (tertiary/aromatic N) is 1. The van der Waals surface area contributed by atoms with Crippen LogP contribution in [-0.4, -0.2) is 24.1 Å². The van der Waals surface area contributed by atoms with Crippen molar-refractivity contribution in [2.45, 2.75) is 207 Å². The summed E-state index contributed by atoms with van der Waals surface area (Å²) in [5.74, 6) is 0. The average Bonchev–Trinajstić information content (AvgIpc) is 3.24. The molecule has 1 nitrogen and oxygen atoms in total. The van der Waals surface area contributed by atoms with Gasteiger partial charge in [-0.05, 0) is 67.9 Å². The van der Waals surface area contributed by atoms with Crippen LogP contribution in [0.3, 0.4) is 0 Å². The van der Waals surface area contributed by atoms with Gasteiger partial charge in [-0.25, -0.2) is 0 Å². The molecule has 0 saturated carbocycles. The molecule has 0 radical (unpaired) electrons. The smallest absolute Gasteiger partial charge is 0.139 e. The van der Waals surface area contributed by atoms with Crippen LogP contribution in [0.2, 0.25) is 0 Å². The molecule has 0 bridgehead atoms. The second kappa shape index (κ2) is 25.8. The Balaban J connectivity index is 2.72. The molecule has 1 unspecified atom stereocenters. The molecule has 3 rings (SSSR count). The van der Waals surface area contributed by atoms with Crippen LogP contribution in [0.25, 0.3) is 0 Å². The van der Waals surface area contributed by atoms with Gasteiger partial charge in [0.15, 0.2) is 0 Å². The topological polar surface area (TPSA) is 0 Å². The molecule has 0 saturated heterocycles. The first-order valence-electron chi connectivity index (χ1n) is 24.0. The number of benzene rings is 3. The molecule has 0 aromatic heterocycles. The van der Waals surface area contributed by atoms with Crippen molar-refractivity contribution in [2.75, 3.05) is 19.6 Å². The Bertz CT molecular complexity index is 1260. The highest BCUT2D eigenvalue weighted by molar-refractivity contribution is 5.48. The molecule has 3 aromatic rings. The Morgan fingerprint density at radius 1 is 0.345 bits per heavy atom. The molecule has 0 aliphatic heterocycles. The summed E-state index contributed by atoms with van der Waals surface area (Å²) < 4.78 is 1.21. The fourth-order valence-electron chi connectivity index (χ4n) is 11.0. The Morgan fingerprint density at radius 3 is 1.07 bits per heavy atom. The minimum atomic E-state index is -0.218. The fraction of sp³-hybridized carbons (Fsp3) is 0.667. The van der Waals surface area contributed by atoms with Gasteiger partial charge in [-0.2, -0.15) is 0 Å². The quantitative estimate of drug-likeness (QED) is 0.0440. The SMILES string of the molecule is CCCCCCCCC(c1ccccc1)(C(CC(CCCC)(CCCC)CCCC)(c1ccccc1)c1ccccc1)[N+](CCCC)(CCCC)CCCC. The van der Waals surface area contributed by atoms with Crippen molar-refractivity contribution in [2.24, 2.45) is 5.41 Å². The molecule has 0 fully saturated rings. The first-order valence-corrected chi connectivity index (χ1v) is 24.0. The Morgan fingerprint density at radius 2 is 0.691 bits per heavy atom. The molecule has 55 heavy (non-hydrogen) atoms. The maximum atomic E-state index is 2.61. The van der Waals surface area contributed by atoms with Crippen LogP contribution in [0.1, 0.15) is 213 Å². The molecule has 0 amide bonds. The van der Waals surface area contributed by atoms with Gasteiger partial charge in [-0.3, -0.25) is 0 Å². The zero-order valence-electron chi connectivity index (χ0n) is 37.5. The van der Waals surface area contributed by atoms with Gasteiger partial charge in [-0.1, -0.05) is 229 Å². The third-order valence-electron chi connectivity index (χ3n) is 13.8. The fourth-order valence-corrected chi connectivity index (χ4v) is 11.0. The van der Waals surface area contributed by atoms with E-state index in [-0.39, 0.29) is 16.4 Å². The summed E-state index contributed by atoms with van der Waals surface area (Å²) in [6, 6.07) is 36.8. The number of hydrogen-bond donors (Lipinski definition) is 0. The van der Waals surface area contributed by atoms with E-state index in [0.717, 1.165) is 0 Å². The van der Waals surface area contributed by atoms with Crippen molar-refractivity contribution in [3.8, 4) is 0 Å². The predicted octanol–water partition coefficient (Wildman–Crippen LogP) is 16.8. The summed E-state index contributed by atoms with van der Waals surface area (Å²) in [5, 5.41) is 0. The van der Waals surface area contributed by atoms with Crippen molar-refractivity contribution >= 4 is 0 Å². The van der Waals surface area contributed by atoms with Crippen LogP contribution >= 0.6 is 0 Å². The second-order valence-electron chi connectivity index (χ2n) is 17.7. The lowest BCUT2D eigenvalue weighted by Gasteiger charge is -2.64. The van der Waals surface area contributed by atoms with Crippen molar-refractivity contribution in [3.05, 3.63) is 108 Å². The highest BCUT2D eigenvalue weighted by atomic mass is 15.4. The average molecular weight is 751 g/mol. The van der Waals surface area contributed by atoms with Gasteiger partial charge >= 0.3 is 0 Å². The van der Waals surface area contributed by atoms with E-state index in [0.29, 0.717) is 0 Å². The van der Waals surface area contributed by atoms with Crippen LogP contribution in [-0.2, 0) is 11.0 Å². The summed E-state index contributed by atoms with van der Waals surface area (Å²) in [6.45, 7) is 20.8. The van der Waals surface area contributed by atoms with E-state index in [1.807, 2.05) is 0 Å². The first kappa shape index (κ1) is 47.0. The van der Waals surface area contributed by atoms with E-state index in [4.69, 9.17) is 0 Å². The zero-order chi connectivity index (χ0) is 39.7. The lowest BCUT2D eigenvalue weighted by Crippen LogP contribution is -2.72. The van der Waals surface area contributed by atoms with Crippen LogP contribution in [0, 0.1) is 5.41 Å². The van der Waals surface area contributed by atoms with Gasteiger partial charge in [0, 0.05) is 12.0 Å². The molecular weight excluding hydrogens is 663 g/mol. The molecule has 0 spiro atoms. The summed E-state index contributed by atoms with van der Waals surface area (Å²) in [5.41, 5.74) is 4.65. The Kier molecular flexibility index (Phi) is 22.0. The second-order valence-corrected chi connectivity index (χ2v) is 17.7. The first-order chi connectivity index (χ1) is 26.9. The maximum Gasteiger partial charge on any atom is 0.139 e. The Labute approximate surface area is 343 Å². The lowest BCUT2D eigenvalue weighted by molar-refractivity contribution is -0.990. The normalized spacial score (nSPS) is 13.6. The molecule has 1 atom stereocenters. The molecule has 0 aliphatic carbocycles. The van der Waals surface area contributed by atoms with E-state index in [1.165, 1.54) is 172 Å². The van der Waals surface area contributed by atoms with Gasteiger partial charge in [0.1, 0.15) is 5.54 Å². The van der Waals surface area contributed by atoms with Gasteiger partial charge in [0.05, 0.1) is 25.0 Å². The van der Waals surface area contributed by atoms with E-state index in [9.17, 15) is 0 Å². The van der Waals surface area contributed by atoms with Gasteiger partial charge in [0.2, 0.25) is 0 Å². The predicted molar refractivity (Wildman–Crippen MR) is 245 cm³/mol. The molecule has 3 aromatic carbocycles. The molecule has 0 aliphatic rings. The number of quaternary nitrogens is 1. The van der Waals surface area contributed by atoms with E-state index < -0.39 is 0 Å². The largest absolute Gasteiger partial charge is 0.314 e. The highest BCUT2D eigenvalue weighted by Gasteiger charge is 2.66. The molecule has 0 N–H and O–H groups in total. The van der Waals surface area contributed by atoms with E-state index >= 15 is 0 Å². The van der Waals surface area contributed by atoms with E-state index in [1.54, 1.807) is 16.7 Å². The maximum absolute atomic E-state index is 2.61. The summed E-state index contributed by atoms with van der Waals surface area (Å²) in [7, 11) is 0. The van der Waals surface area contributed by atoms with Crippen LogP contribution in [0.4, 0.5) is 0 Å². The van der Waals surface area contributed by atoms with Crippen LogP contribution < -0.4 is 0 Å². The standard InChI is InChI=1S/C54H88N/c1-8-15-22-23-24-34-44-54(51-39-32-27-33-40-51,55(45-19-12-5,46-20-13-6)47-21-14-7)53(49-35-28-25-29-36-49,50-37-30-26-31-38-50)48-52(41-16-9-2,42-17-10-3)43-18-11-4/h25-33,35-40H,8-24,34,41-48H2,1-7H3/q+1. The number of rotatable bonds is 32.